The Labute approximate surface area is 135 Å². The summed E-state index contributed by atoms with van der Waals surface area (Å²) in [7, 11) is 0. The van der Waals surface area contributed by atoms with Crippen LogP contribution in [0.2, 0.25) is 0 Å². The molecule has 0 atom stereocenters. The Hall–Kier alpha value is -0.650. The SMILES string of the molecule is CC(C)CN1CCN(c2ccc(C(N)=S)cc2Br)CC1. The van der Waals surface area contributed by atoms with E-state index in [0.717, 1.165) is 42.1 Å². The van der Waals surface area contributed by atoms with Crippen LogP contribution in [0.5, 0.6) is 0 Å². The molecule has 1 fully saturated rings. The van der Waals surface area contributed by atoms with Crippen LogP contribution >= 0.6 is 28.1 Å². The minimum absolute atomic E-state index is 0.444. The summed E-state index contributed by atoms with van der Waals surface area (Å²) in [5.41, 5.74) is 7.81. The van der Waals surface area contributed by atoms with E-state index in [-0.39, 0.29) is 0 Å². The van der Waals surface area contributed by atoms with Gasteiger partial charge in [-0.05, 0) is 40.0 Å². The number of halogens is 1. The number of piperazine rings is 1. The molecule has 1 heterocycles. The minimum Gasteiger partial charge on any atom is -0.389 e. The van der Waals surface area contributed by atoms with Crippen LogP contribution < -0.4 is 10.6 Å². The average molecular weight is 356 g/mol. The molecule has 0 saturated carbocycles. The summed E-state index contributed by atoms with van der Waals surface area (Å²) in [5.74, 6) is 0.734. The number of hydrogen-bond donors (Lipinski definition) is 1. The molecule has 1 aliphatic rings. The largest absolute Gasteiger partial charge is 0.389 e. The molecular weight excluding hydrogens is 334 g/mol. The first-order valence-corrected chi connectivity index (χ1v) is 8.24. The molecule has 5 heteroatoms. The number of thiocarbonyl (C=S) groups is 1. The van der Waals surface area contributed by atoms with E-state index in [9.17, 15) is 0 Å². The summed E-state index contributed by atoms with van der Waals surface area (Å²) in [6, 6.07) is 6.12. The van der Waals surface area contributed by atoms with Gasteiger partial charge in [-0.3, -0.25) is 4.90 Å². The van der Waals surface area contributed by atoms with Crippen LogP contribution in [0.4, 0.5) is 5.69 Å². The molecule has 1 saturated heterocycles. The first-order chi connectivity index (χ1) is 9.47. The van der Waals surface area contributed by atoms with Crippen molar-refractivity contribution in [3.05, 3.63) is 28.2 Å². The van der Waals surface area contributed by atoms with Crippen LogP contribution in [0.1, 0.15) is 19.4 Å². The van der Waals surface area contributed by atoms with E-state index in [2.05, 4.69) is 45.6 Å². The van der Waals surface area contributed by atoms with Gasteiger partial charge in [-0.25, -0.2) is 0 Å². The van der Waals surface area contributed by atoms with E-state index in [1.165, 1.54) is 12.2 Å². The highest BCUT2D eigenvalue weighted by atomic mass is 79.9. The van der Waals surface area contributed by atoms with Gasteiger partial charge in [0.25, 0.3) is 0 Å². The molecule has 0 aromatic heterocycles. The smallest absolute Gasteiger partial charge is 0.104 e. The van der Waals surface area contributed by atoms with E-state index >= 15 is 0 Å². The van der Waals surface area contributed by atoms with Gasteiger partial charge in [-0.2, -0.15) is 0 Å². The Balaban J connectivity index is 2.02. The van der Waals surface area contributed by atoms with Crippen molar-refractivity contribution in [3.8, 4) is 0 Å². The summed E-state index contributed by atoms with van der Waals surface area (Å²) >= 11 is 8.65. The second-order valence-corrected chi connectivity index (χ2v) is 7.01. The number of nitrogens with zero attached hydrogens (tertiary/aromatic N) is 2. The third kappa shape index (κ3) is 3.93. The van der Waals surface area contributed by atoms with Gasteiger partial charge in [0, 0.05) is 42.8 Å². The van der Waals surface area contributed by atoms with Gasteiger partial charge in [0.15, 0.2) is 0 Å². The van der Waals surface area contributed by atoms with Crippen LogP contribution in [0.25, 0.3) is 0 Å². The van der Waals surface area contributed by atoms with Gasteiger partial charge >= 0.3 is 0 Å². The lowest BCUT2D eigenvalue weighted by Gasteiger charge is -2.37. The van der Waals surface area contributed by atoms with Gasteiger partial charge < -0.3 is 10.6 Å². The van der Waals surface area contributed by atoms with Crippen molar-refractivity contribution >= 4 is 38.8 Å². The van der Waals surface area contributed by atoms with Gasteiger partial charge in [0.1, 0.15) is 4.99 Å². The average Bonchev–Trinajstić information content (AvgIpc) is 2.39. The third-order valence-electron chi connectivity index (χ3n) is 3.57. The molecule has 1 aliphatic heterocycles. The predicted octanol–water partition coefficient (Wildman–Crippen LogP) is 2.86. The van der Waals surface area contributed by atoms with E-state index in [0.29, 0.717) is 4.99 Å². The van der Waals surface area contributed by atoms with Gasteiger partial charge in [0.2, 0.25) is 0 Å². The molecule has 0 aliphatic carbocycles. The van der Waals surface area contributed by atoms with Crippen molar-refractivity contribution in [1.82, 2.24) is 4.90 Å². The van der Waals surface area contributed by atoms with Crippen LogP contribution in [-0.2, 0) is 0 Å². The van der Waals surface area contributed by atoms with Crippen molar-refractivity contribution < 1.29 is 0 Å². The Morgan fingerprint density at radius 2 is 1.95 bits per heavy atom. The molecule has 0 radical (unpaired) electrons. The van der Waals surface area contributed by atoms with Crippen molar-refractivity contribution in [1.29, 1.82) is 0 Å². The highest BCUT2D eigenvalue weighted by Crippen LogP contribution is 2.28. The van der Waals surface area contributed by atoms with Crippen molar-refractivity contribution in [2.24, 2.45) is 11.7 Å². The lowest BCUT2D eigenvalue weighted by Crippen LogP contribution is -2.47. The second kappa shape index (κ2) is 6.87. The maximum absolute atomic E-state index is 5.67. The fraction of sp³-hybridized carbons (Fsp3) is 0.533. The third-order valence-corrected chi connectivity index (χ3v) is 4.44. The molecule has 20 heavy (non-hydrogen) atoms. The Kier molecular flexibility index (Phi) is 5.41. The van der Waals surface area contributed by atoms with Crippen molar-refractivity contribution in [2.45, 2.75) is 13.8 Å². The van der Waals surface area contributed by atoms with Crippen LogP contribution in [0.3, 0.4) is 0 Å². The lowest BCUT2D eigenvalue weighted by atomic mass is 10.1. The highest BCUT2D eigenvalue weighted by Gasteiger charge is 2.19. The summed E-state index contributed by atoms with van der Waals surface area (Å²) < 4.78 is 1.07. The predicted molar refractivity (Wildman–Crippen MR) is 93.5 cm³/mol. The monoisotopic (exact) mass is 355 g/mol. The zero-order valence-electron chi connectivity index (χ0n) is 12.1. The first-order valence-electron chi connectivity index (χ1n) is 7.04. The van der Waals surface area contributed by atoms with Crippen molar-refractivity contribution in [2.75, 3.05) is 37.6 Å². The minimum atomic E-state index is 0.444. The molecule has 0 bridgehead atoms. The number of nitrogens with two attached hydrogens (primary N) is 1. The number of hydrogen-bond acceptors (Lipinski definition) is 3. The molecule has 110 valence electrons. The quantitative estimate of drug-likeness (QED) is 0.841. The van der Waals surface area contributed by atoms with Gasteiger partial charge in [-0.1, -0.05) is 26.1 Å². The molecule has 2 rings (SSSR count). The maximum Gasteiger partial charge on any atom is 0.104 e. The summed E-state index contributed by atoms with van der Waals surface area (Å²) in [6.07, 6.45) is 0. The summed E-state index contributed by atoms with van der Waals surface area (Å²) in [5, 5.41) is 0. The van der Waals surface area contributed by atoms with Crippen molar-refractivity contribution in [3.63, 3.8) is 0 Å². The molecule has 0 amide bonds. The fourth-order valence-electron chi connectivity index (χ4n) is 2.60. The molecule has 1 aromatic rings. The van der Waals surface area contributed by atoms with Gasteiger partial charge in [-0.15, -0.1) is 0 Å². The standard InChI is InChI=1S/C15H22BrN3S/c1-11(2)10-18-5-7-19(8-6-18)14-4-3-12(15(17)20)9-13(14)16/h3-4,9,11H,5-8,10H2,1-2H3,(H2,17,20). The number of rotatable bonds is 4. The lowest BCUT2D eigenvalue weighted by molar-refractivity contribution is 0.231. The van der Waals surface area contributed by atoms with E-state index < -0.39 is 0 Å². The fourth-order valence-corrected chi connectivity index (χ4v) is 3.36. The topological polar surface area (TPSA) is 32.5 Å². The van der Waals surface area contributed by atoms with Crippen LogP contribution in [0.15, 0.2) is 22.7 Å². The molecule has 2 N–H and O–H groups in total. The summed E-state index contributed by atoms with van der Waals surface area (Å²) in [6.45, 7) is 10.1. The maximum atomic E-state index is 5.67. The van der Waals surface area contributed by atoms with Crippen LogP contribution in [-0.4, -0.2) is 42.6 Å². The molecule has 1 aromatic carbocycles. The van der Waals surface area contributed by atoms with E-state index in [1.807, 2.05) is 12.1 Å². The number of anilines is 1. The van der Waals surface area contributed by atoms with E-state index in [1.54, 1.807) is 0 Å². The zero-order valence-corrected chi connectivity index (χ0v) is 14.5. The first kappa shape index (κ1) is 15.7. The van der Waals surface area contributed by atoms with E-state index in [4.69, 9.17) is 18.0 Å². The molecule has 0 spiro atoms. The normalized spacial score (nSPS) is 16.7. The Bertz CT molecular complexity index is 482. The molecule has 3 nitrogen and oxygen atoms in total. The zero-order chi connectivity index (χ0) is 14.7. The Morgan fingerprint density at radius 3 is 2.45 bits per heavy atom. The molecular formula is C15H22BrN3S. The highest BCUT2D eigenvalue weighted by molar-refractivity contribution is 9.10. The Morgan fingerprint density at radius 1 is 1.30 bits per heavy atom. The molecule has 0 unspecified atom stereocenters. The van der Waals surface area contributed by atoms with Crippen LogP contribution in [0, 0.1) is 5.92 Å². The van der Waals surface area contributed by atoms with Gasteiger partial charge in [0.05, 0.1) is 5.69 Å². The summed E-state index contributed by atoms with van der Waals surface area (Å²) in [4.78, 5) is 5.40. The second-order valence-electron chi connectivity index (χ2n) is 5.71. The number of benzene rings is 1.